The number of pyridine rings is 1. The van der Waals surface area contributed by atoms with Gasteiger partial charge in [-0.25, -0.2) is 13.4 Å². The lowest BCUT2D eigenvalue weighted by Gasteiger charge is -2.23. The fraction of sp³-hybridized carbons (Fsp3) is 0.500. The van der Waals surface area contributed by atoms with Crippen molar-refractivity contribution in [3.05, 3.63) is 22.8 Å². The SMILES string of the molecule is CNc1ncc(C(=O)NC2(C)CCS(=O)(=O)C2)cc1Cl. The van der Waals surface area contributed by atoms with Crippen LogP contribution in [-0.4, -0.2) is 43.4 Å². The van der Waals surface area contributed by atoms with Crippen molar-refractivity contribution >= 4 is 33.2 Å². The van der Waals surface area contributed by atoms with Crippen LogP contribution in [0.1, 0.15) is 23.7 Å². The van der Waals surface area contributed by atoms with Crippen LogP contribution in [0.2, 0.25) is 5.02 Å². The predicted molar refractivity (Wildman–Crippen MR) is 77.9 cm³/mol. The number of carbonyl (C=O) groups excluding carboxylic acids is 1. The second-order valence-corrected chi connectivity index (χ2v) is 7.75. The van der Waals surface area contributed by atoms with Crippen molar-refractivity contribution in [3.8, 4) is 0 Å². The summed E-state index contributed by atoms with van der Waals surface area (Å²) in [6.45, 7) is 1.73. The van der Waals surface area contributed by atoms with Gasteiger partial charge in [-0.2, -0.15) is 0 Å². The Kier molecular flexibility index (Phi) is 3.93. The van der Waals surface area contributed by atoms with Gasteiger partial charge in [0.2, 0.25) is 0 Å². The van der Waals surface area contributed by atoms with Crippen LogP contribution in [0, 0.1) is 0 Å². The molecular formula is C12H16ClN3O3S. The van der Waals surface area contributed by atoms with E-state index in [-0.39, 0.29) is 17.4 Å². The number of sulfone groups is 1. The molecule has 1 saturated heterocycles. The predicted octanol–water partition coefficient (Wildman–Crippen LogP) is 1.08. The molecule has 2 N–H and O–H groups in total. The third-order valence-electron chi connectivity index (χ3n) is 3.26. The third-order valence-corrected chi connectivity index (χ3v) is 5.45. The summed E-state index contributed by atoms with van der Waals surface area (Å²) >= 11 is 5.97. The monoisotopic (exact) mass is 317 g/mol. The zero-order valence-electron chi connectivity index (χ0n) is 11.2. The fourth-order valence-corrected chi connectivity index (χ4v) is 4.56. The number of carbonyl (C=O) groups is 1. The molecule has 0 radical (unpaired) electrons. The normalized spacial score (nSPS) is 24.4. The van der Waals surface area contributed by atoms with Gasteiger partial charge in [0.15, 0.2) is 9.84 Å². The van der Waals surface area contributed by atoms with E-state index < -0.39 is 15.4 Å². The fourth-order valence-electron chi connectivity index (χ4n) is 2.20. The van der Waals surface area contributed by atoms with E-state index in [2.05, 4.69) is 15.6 Å². The lowest BCUT2D eigenvalue weighted by atomic mass is 10.0. The molecule has 2 rings (SSSR count). The van der Waals surface area contributed by atoms with Crippen molar-refractivity contribution in [3.63, 3.8) is 0 Å². The topological polar surface area (TPSA) is 88.2 Å². The highest BCUT2D eigenvalue weighted by molar-refractivity contribution is 7.91. The number of halogens is 1. The zero-order valence-corrected chi connectivity index (χ0v) is 12.8. The summed E-state index contributed by atoms with van der Waals surface area (Å²) in [4.78, 5) is 16.2. The van der Waals surface area contributed by atoms with Crippen LogP contribution in [0.4, 0.5) is 5.82 Å². The van der Waals surface area contributed by atoms with Gasteiger partial charge in [-0.1, -0.05) is 11.6 Å². The molecule has 20 heavy (non-hydrogen) atoms. The molecule has 1 aliphatic heterocycles. The molecule has 1 fully saturated rings. The van der Waals surface area contributed by atoms with E-state index in [0.717, 1.165) is 0 Å². The highest BCUT2D eigenvalue weighted by atomic mass is 35.5. The van der Waals surface area contributed by atoms with Gasteiger partial charge in [-0.15, -0.1) is 0 Å². The summed E-state index contributed by atoms with van der Waals surface area (Å²) in [5.41, 5.74) is -0.427. The molecule has 1 amide bonds. The molecule has 1 atom stereocenters. The van der Waals surface area contributed by atoms with E-state index in [9.17, 15) is 13.2 Å². The summed E-state index contributed by atoms with van der Waals surface area (Å²) < 4.78 is 23.0. The van der Waals surface area contributed by atoms with E-state index in [1.165, 1.54) is 12.3 Å². The van der Waals surface area contributed by atoms with Gasteiger partial charge in [0, 0.05) is 13.2 Å². The Morgan fingerprint density at radius 3 is 2.70 bits per heavy atom. The van der Waals surface area contributed by atoms with E-state index >= 15 is 0 Å². The van der Waals surface area contributed by atoms with Crippen LogP contribution >= 0.6 is 11.6 Å². The quantitative estimate of drug-likeness (QED) is 0.871. The van der Waals surface area contributed by atoms with Crippen LogP contribution in [0.15, 0.2) is 12.3 Å². The maximum absolute atomic E-state index is 12.1. The first-order valence-corrected chi connectivity index (χ1v) is 8.31. The Bertz CT molecular complexity index is 647. The van der Waals surface area contributed by atoms with Crippen LogP contribution in [-0.2, 0) is 9.84 Å². The molecule has 2 heterocycles. The Hall–Kier alpha value is -1.34. The first kappa shape index (κ1) is 15.1. The molecule has 8 heteroatoms. The number of nitrogens with zero attached hydrogens (tertiary/aromatic N) is 1. The number of aromatic nitrogens is 1. The molecule has 1 aromatic heterocycles. The molecule has 1 aliphatic rings. The van der Waals surface area contributed by atoms with Crippen LogP contribution in [0.25, 0.3) is 0 Å². The van der Waals surface area contributed by atoms with Crippen molar-refractivity contribution in [1.82, 2.24) is 10.3 Å². The Morgan fingerprint density at radius 2 is 2.20 bits per heavy atom. The molecule has 1 aromatic rings. The summed E-state index contributed by atoms with van der Waals surface area (Å²) in [6.07, 6.45) is 1.82. The first-order valence-electron chi connectivity index (χ1n) is 6.11. The van der Waals surface area contributed by atoms with Gasteiger partial charge in [-0.05, 0) is 19.4 Å². The van der Waals surface area contributed by atoms with E-state index in [0.29, 0.717) is 22.8 Å². The molecule has 1 unspecified atom stereocenters. The number of hydrogen-bond donors (Lipinski definition) is 2. The number of anilines is 1. The average Bonchev–Trinajstić information content (AvgIpc) is 2.63. The van der Waals surface area contributed by atoms with E-state index in [4.69, 9.17) is 11.6 Å². The lowest BCUT2D eigenvalue weighted by molar-refractivity contribution is 0.0915. The minimum absolute atomic E-state index is 0.0402. The number of hydrogen-bond acceptors (Lipinski definition) is 5. The highest BCUT2D eigenvalue weighted by Crippen LogP contribution is 2.24. The smallest absolute Gasteiger partial charge is 0.253 e. The molecule has 0 spiro atoms. The summed E-state index contributed by atoms with van der Waals surface area (Å²) in [6, 6.07) is 1.50. The van der Waals surface area contributed by atoms with Crippen molar-refractivity contribution in [2.75, 3.05) is 23.9 Å². The molecule has 0 aliphatic carbocycles. The molecule has 0 bridgehead atoms. The second kappa shape index (κ2) is 5.21. The van der Waals surface area contributed by atoms with E-state index in [1.807, 2.05) is 0 Å². The van der Waals surface area contributed by atoms with Gasteiger partial charge in [0.25, 0.3) is 5.91 Å². The maximum Gasteiger partial charge on any atom is 0.253 e. The molecule has 0 saturated carbocycles. The third kappa shape index (κ3) is 3.21. The van der Waals surface area contributed by atoms with Crippen molar-refractivity contribution in [1.29, 1.82) is 0 Å². The van der Waals surface area contributed by atoms with Crippen LogP contribution in [0.5, 0.6) is 0 Å². The Morgan fingerprint density at radius 1 is 1.50 bits per heavy atom. The van der Waals surface area contributed by atoms with Gasteiger partial charge < -0.3 is 10.6 Å². The van der Waals surface area contributed by atoms with Crippen LogP contribution < -0.4 is 10.6 Å². The first-order chi connectivity index (χ1) is 9.25. The largest absolute Gasteiger partial charge is 0.372 e. The second-order valence-electron chi connectivity index (χ2n) is 5.16. The number of nitrogens with one attached hydrogen (secondary N) is 2. The lowest BCUT2D eigenvalue weighted by Crippen LogP contribution is -2.46. The number of amides is 1. The Balaban J connectivity index is 2.15. The molecule has 6 nitrogen and oxygen atoms in total. The standard InChI is InChI=1S/C12H16ClN3O3S/c1-12(3-4-20(18,19)7-12)16-11(17)8-5-9(13)10(14-2)15-6-8/h5-6H,3-4,7H2,1-2H3,(H,14,15)(H,16,17). The van der Waals surface area contributed by atoms with Crippen molar-refractivity contribution in [2.24, 2.45) is 0 Å². The molecular weight excluding hydrogens is 302 g/mol. The summed E-state index contributed by atoms with van der Waals surface area (Å²) in [5.74, 6) is 0.169. The minimum Gasteiger partial charge on any atom is -0.372 e. The zero-order chi connectivity index (χ0) is 15.0. The number of rotatable bonds is 3. The highest BCUT2D eigenvalue weighted by Gasteiger charge is 2.39. The minimum atomic E-state index is -3.07. The average molecular weight is 318 g/mol. The maximum atomic E-state index is 12.1. The van der Waals surface area contributed by atoms with Crippen molar-refractivity contribution in [2.45, 2.75) is 18.9 Å². The van der Waals surface area contributed by atoms with E-state index in [1.54, 1.807) is 14.0 Å². The molecule has 110 valence electrons. The van der Waals surface area contributed by atoms with Crippen molar-refractivity contribution < 1.29 is 13.2 Å². The van der Waals surface area contributed by atoms with Gasteiger partial charge in [-0.3, -0.25) is 4.79 Å². The van der Waals surface area contributed by atoms with Gasteiger partial charge in [0.1, 0.15) is 5.82 Å². The Labute approximate surface area is 122 Å². The molecule has 0 aromatic carbocycles. The summed E-state index contributed by atoms with van der Waals surface area (Å²) in [5, 5.41) is 5.89. The van der Waals surface area contributed by atoms with Gasteiger partial charge in [0.05, 0.1) is 27.6 Å². The van der Waals surface area contributed by atoms with Crippen LogP contribution in [0.3, 0.4) is 0 Å². The summed E-state index contributed by atoms with van der Waals surface area (Å²) in [7, 11) is -1.39. The van der Waals surface area contributed by atoms with Gasteiger partial charge >= 0.3 is 0 Å².